The lowest BCUT2D eigenvalue weighted by atomic mass is 10.0. The van der Waals surface area contributed by atoms with Crippen molar-refractivity contribution in [2.75, 3.05) is 7.11 Å². The van der Waals surface area contributed by atoms with E-state index in [4.69, 9.17) is 4.74 Å². The summed E-state index contributed by atoms with van der Waals surface area (Å²) in [5.41, 5.74) is 3.54. The molecule has 0 aliphatic rings. The van der Waals surface area contributed by atoms with Gasteiger partial charge in [0, 0.05) is 23.0 Å². The molecule has 0 saturated carbocycles. The van der Waals surface area contributed by atoms with E-state index in [0.717, 1.165) is 22.6 Å². The Kier molecular flexibility index (Phi) is 4.72. The van der Waals surface area contributed by atoms with Gasteiger partial charge in [0.05, 0.1) is 7.11 Å². The van der Waals surface area contributed by atoms with E-state index < -0.39 is 0 Å². The SMILES string of the molecule is COc1ccccc1-c1cccc(-n2cnc(C(=O)c3ccc(F)cc3)c2)c1. The normalized spacial score (nSPS) is 10.6. The van der Waals surface area contributed by atoms with Crippen molar-refractivity contribution in [1.29, 1.82) is 0 Å². The average Bonchev–Trinajstić information content (AvgIpc) is 3.24. The van der Waals surface area contributed by atoms with E-state index >= 15 is 0 Å². The number of carbonyl (C=O) groups excluding carboxylic acids is 1. The molecule has 138 valence electrons. The average molecular weight is 372 g/mol. The number of methoxy groups -OCH3 is 1. The Labute approximate surface area is 161 Å². The molecule has 0 saturated heterocycles. The number of carbonyl (C=O) groups is 1. The molecule has 1 heterocycles. The summed E-state index contributed by atoms with van der Waals surface area (Å²) in [5, 5.41) is 0. The summed E-state index contributed by atoms with van der Waals surface area (Å²) in [7, 11) is 1.64. The highest BCUT2D eigenvalue weighted by Crippen LogP contribution is 2.30. The fourth-order valence-electron chi connectivity index (χ4n) is 3.05. The number of ether oxygens (including phenoxy) is 1. The number of hydrogen-bond donors (Lipinski definition) is 0. The molecule has 5 heteroatoms. The Morgan fingerprint density at radius 1 is 1.00 bits per heavy atom. The van der Waals surface area contributed by atoms with Crippen LogP contribution in [-0.2, 0) is 0 Å². The quantitative estimate of drug-likeness (QED) is 0.467. The van der Waals surface area contributed by atoms with Crippen molar-refractivity contribution in [1.82, 2.24) is 9.55 Å². The second-order valence-electron chi connectivity index (χ2n) is 6.25. The summed E-state index contributed by atoms with van der Waals surface area (Å²) in [6.45, 7) is 0. The van der Waals surface area contributed by atoms with Crippen LogP contribution in [0, 0.1) is 5.82 Å². The van der Waals surface area contributed by atoms with Crippen molar-refractivity contribution in [2.45, 2.75) is 0 Å². The fraction of sp³-hybridized carbons (Fsp3) is 0.0435. The Bertz CT molecular complexity index is 1130. The van der Waals surface area contributed by atoms with E-state index in [1.54, 1.807) is 24.2 Å². The standard InChI is InChI=1S/C23H17FN2O2/c1-28-22-8-3-2-7-20(22)17-5-4-6-19(13-17)26-14-21(25-15-26)23(27)16-9-11-18(24)12-10-16/h2-15H,1H3. The number of hydrogen-bond acceptors (Lipinski definition) is 3. The maximum Gasteiger partial charge on any atom is 0.212 e. The second-order valence-corrected chi connectivity index (χ2v) is 6.25. The van der Waals surface area contributed by atoms with Crippen LogP contribution in [0.1, 0.15) is 16.1 Å². The number of imidazole rings is 1. The highest BCUT2D eigenvalue weighted by atomic mass is 19.1. The molecule has 0 unspecified atom stereocenters. The fourth-order valence-corrected chi connectivity index (χ4v) is 3.05. The smallest absolute Gasteiger partial charge is 0.212 e. The Hall–Kier alpha value is -3.73. The van der Waals surface area contributed by atoms with E-state index in [0.29, 0.717) is 11.3 Å². The van der Waals surface area contributed by atoms with Crippen LogP contribution in [-0.4, -0.2) is 22.4 Å². The molecule has 0 radical (unpaired) electrons. The first-order valence-corrected chi connectivity index (χ1v) is 8.74. The van der Waals surface area contributed by atoms with Crippen molar-refractivity contribution in [3.8, 4) is 22.6 Å². The Morgan fingerprint density at radius 3 is 2.57 bits per heavy atom. The highest BCUT2D eigenvalue weighted by molar-refractivity contribution is 6.07. The summed E-state index contributed by atoms with van der Waals surface area (Å²) in [6.07, 6.45) is 3.27. The summed E-state index contributed by atoms with van der Waals surface area (Å²) in [6, 6.07) is 21.1. The molecule has 0 aliphatic heterocycles. The monoisotopic (exact) mass is 372 g/mol. The molecule has 0 fully saturated rings. The molecule has 0 aliphatic carbocycles. The molecule has 4 aromatic rings. The maximum atomic E-state index is 13.1. The van der Waals surface area contributed by atoms with Gasteiger partial charge in [-0.15, -0.1) is 0 Å². The molecule has 4 nitrogen and oxygen atoms in total. The van der Waals surface area contributed by atoms with E-state index in [1.807, 2.05) is 48.5 Å². The molecular weight excluding hydrogens is 355 g/mol. The third-order valence-corrected chi connectivity index (χ3v) is 4.48. The van der Waals surface area contributed by atoms with Gasteiger partial charge >= 0.3 is 0 Å². The molecule has 0 spiro atoms. The predicted molar refractivity (Wildman–Crippen MR) is 105 cm³/mol. The van der Waals surface area contributed by atoms with Gasteiger partial charge in [0.25, 0.3) is 0 Å². The maximum absolute atomic E-state index is 13.1. The van der Waals surface area contributed by atoms with Gasteiger partial charge in [0.1, 0.15) is 23.6 Å². The molecule has 0 amide bonds. The van der Waals surface area contributed by atoms with E-state index in [2.05, 4.69) is 4.98 Å². The second kappa shape index (κ2) is 7.48. The zero-order valence-corrected chi connectivity index (χ0v) is 15.2. The van der Waals surface area contributed by atoms with Crippen LogP contribution in [0.15, 0.2) is 85.3 Å². The Balaban J connectivity index is 1.66. The van der Waals surface area contributed by atoms with Crippen molar-refractivity contribution < 1.29 is 13.9 Å². The predicted octanol–water partition coefficient (Wildman–Crippen LogP) is 4.92. The highest BCUT2D eigenvalue weighted by Gasteiger charge is 2.13. The van der Waals surface area contributed by atoms with Crippen molar-refractivity contribution in [3.05, 3.63) is 102 Å². The van der Waals surface area contributed by atoms with E-state index in [1.165, 1.54) is 24.3 Å². The van der Waals surface area contributed by atoms with Crippen LogP contribution in [0.5, 0.6) is 5.75 Å². The third-order valence-electron chi connectivity index (χ3n) is 4.48. The minimum absolute atomic E-state index is 0.250. The van der Waals surface area contributed by atoms with Crippen molar-refractivity contribution in [3.63, 3.8) is 0 Å². The summed E-state index contributed by atoms with van der Waals surface area (Å²) >= 11 is 0. The lowest BCUT2D eigenvalue weighted by Crippen LogP contribution is -2.01. The summed E-state index contributed by atoms with van der Waals surface area (Å²) in [4.78, 5) is 16.8. The van der Waals surface area contributed by atoms with E-state index in [9.17, 15) is 9.18 Å². The molecule has 0 atom stereocenters. The van der Waals surface area contributed by atoms with Crippen LogP contribution in [0.3, 0.4) is 0 Å². The first-order chi connectivity index (χ1) is 13.7. The summed E-state index contributed by atoms with van der Waals surface area (Å²) < 4.78 is 20.3. The molecular formula is C23H17FN2O2. The molecule has 0 N–H and O–H groups in total. The number of benzene rings is 3. The zero-order chi connectivity index (χ0) is 19.5. The molecule has 3 aromatic carbocycles. The topological polar surface area (TPSA) is 44.1 Å². The van der Waals surface area contributed by atoms with Crippen LogP contribution in [0.4, 0.5) is 4.39 Å². The summed E-state index contributed by atoms with van der Waals surface area (Å²) in [5.74, 6) is 0.160. The number of nitrogens with zero attached hydrogens (tertiary/aromatic N) is 2. The van der Waals surface area contributed by atoms with E-state index in [-0.39, 0.29) is 11.6 Å². The molecule has 0 bridgehead atoms. The first-order valence-electron chi connectivity index (χ1n) is 8.74. The first kappa shape index (κ1) is 17.7. The van der Waals surface area contributed by atoms with Gasteiger partial charge in [-0.05, 0) is 48.0 Å². The van der Waals surface area contributed by atoms with Crippen LogP contribution in [0.2, 0.25) is 0 Å². The molecule has 1 aromatic heterocycles. The Morgan fingerprint density at radius 2 is 1.79 bits per heavy atom. The van der Waals surface area contributed by atoms with Gasteiger partial charge in [-0.1, -0.05) is 30.3 Å². The zero-order valence-electron chi connectivity index (χ0n) is 15.2. The van der Waals surface area contributed by atoms with Crippen molar-refractivity contribution in [2.24, 2.45) is 0 Å². The molecule has 28 heavy (non-hydrogen) atoms. The van der Waals surface area contributed by atoms with Gasteiger partial charge in [0.15, 0.2) is 0 Å². The minimum Gasteiger partial charge on any atom is -0.496 e. The minimum atomic E-state index is -0.379. The van der Waals surface area contributed by atoms with Gasteiger partial charge in [0.2, 0.25) is 5.78 Å². The van der Waals surface area contributed by atoms with Gasteiger partial charge in [-0.25, -0.2) is 9.37 Å². The largest absolute Gasteiger partial charge is 0.496 e. The number of ketones is 1. The lowest BCUT2D eigenvalue weighted by Gasteiger charge is -2.10. The number of rotatable bonds is 5. The van der Waals surface area contributed by atoms with Crippen molar-refractivity contribution >= 4 is 5.78 Å². The van der Waals surface area contributed by atoms with Gasteiger partial charge in [-0.3, -0.25) is 4.79 Å². The van der Waals surface area contributed by atoms with Gasteiger partial charge in [-0.2, -0.15) is 0 Å². The number of para-hydroxylation sites is 1. The number of aromatic nitrogens is 2. The lowest BCUT2D eigenvalue weighted by molar-refractivity contribution is 0.103. The number of halogens is 1. The van der Waals surface area contributed by atoms with Crippen LogP contribution < -0.4 is 4.74 Å². The van der Waals surface area contributed by atoms with Gasteiger partial charge < -0.3 is 9.30 Å². The third kappa shape index (κ3) is 3.42. The molecule has 4 rings (SSSR count). The van der Waals surface area contributed by atoms with Crippen LogP contribution >= 0.6 is 0 Å². The van der Waals surface area contributed by atoms with Crippen LogP contribution in [0.25, 0.3) is 16.8 Å².